The lowest BCUT2D eigenvalue weighted by atomic mass is 9.85. The SMILES string of the molecule is O=C(Oc1ccc(Br)cc1C=NN1C(=O)[C@@H]2[C@H](C1=O)[C@H]1C=C[C@H]2C1)c1ccc([N+](=O)[O-])cc1. The molecule has 2 aromatic rings. The van der Waals surface area contributed by atoms with Gasteiger partial charge < -0.3 is 4.74 Å². The normalized spacial score (nSPS) is 25.2. The highest BCUT2D eigenvalue weighted by molar-refractivity contribution is 9.10. The van der Waals surface area contributed by atoms with Gasteiger partial charge in [-0.25, -0.2) is 4.79 Å². The highest BCUT2D eigenvalue weighted by atomic mass is 79.9. The van der Waals surface area contributed by atoms with Crippen LogP contribution in [0.15, 0.2) is 64.2 Å². The Balaban J connectivity index is 1.36. The number of non-ortho nitro benzene ring substituents is 1. The van der Waals surface area contributed by atoms with E-state index in [-0.39, 0.29) is 52.5 Å². The molecule has 0 unspecified atom stereocenters. The van der Waals surface area contributed by atoms with E-state index >= 15 is 0 Å². The maximum Gasteiger partial charge on any atom is 0.343 e. The van der Waals surface area contributed by atoms with E-state index in [4.69, 9.17) is 4.74 Å². The number of esters is 1. The van der Waals surface area contributed by atoms with Crippen molar-refractivity contribution in [2.75, 3.05) is 0 Å². The lowest BCUT2D eigenvalue weighted by Crippen LogP contribution is -2.28. The molecule has 1 saturated carbocycles. The van der Waals surface area contributed by atoms with Crippen molar-refractivity contribution in [3.63, 3.8) is 0 Å². The zero-order valence-electron chi connectivity index (χ0n) is 17.0. The minimum Gasteiger partial charge on any atom is -0.422 e. The van der Waals surface area contributed by atoms with Gasteiger partial charge in [0.25, 0.3) is 17.5 Å². The number of nitro benzene ring substituents is 1. The molecule has 2 amide bonds. The molecule has 33 heavy (non-hydrogen) atoms. The van der Waals surface area contributed by atoms with Crippen molar-refractivity contribution in [2.45, 2.75) is 6.42 Å². The summed E-state index contributed by atoms with van der Waals surface area (Å²) in [5.41, 5.74) is 0.363. The molecule has 4 atom stereocenters. The lowest BCUT2D eigenvalue weighted by Gasteiger charge is -2.13. The van der Waals surface area contributed by atoms with Crippen LogP contribution in [0.25, 0.3) is 0 Å². The monoisotopic (exact) mass is 509 g/mol. The third kappa shape index (κ3) is 3.66. The topological polar surface area (TPSA) is 119 Å². The van der Waals surface area contributed by atoms with Crippen molar-refractivity contribution in [3.05, 3.63) is 80.3 Å². The molecule has 2 fully saturated rings. The van der Waals surface area contributed by atoms with Gasteiger partial charge in [0.05, 0.1) is 28.5 Å². The summed E-state index contributed by atoms with van der Waals surface area (Å²) in [5.74, 6) is -1.71. The van der Waals surface area contributed by atoms with Crippen LogP contribution in [0.3, 0.4) is 0 Å². The van der Waals surface area contributed by atoms with Gasteiger partial charge in [0.15, 0.2) is 0 Å². The molecule has 0 spiro atoms. The second-order valence-electron chi connectivity index (χ2n) is 8.11. The van der Waals surface area contributed by atoms with Crippen molar-refractivity contribution >= 4 is 45.6 Å². The van der Waals surface area contributed by atoms with Crippen LogP contribution < -0.4 is 4.74 Å². The lowest BCUT2D eigenvalue weighted by molar-refractivity contribution is -0.384. The Bertz CT molecular complexity index is 1230. The predicted molar refractivity (Wildman–Crippen MR) is 119 cm³/mol. The number of halogens is 1. The zero-order chi connectivity index (χ0) is 23.3. The van der Waals surface area contributed by atoms with Crippen molar-refractivity contribution in [2.24, 2.45) is 28.8 Å². The van der Waals surface area contributed by atoms with Gasteiger partial charge in [-0.05, 0) is 48.6 Å². The van der Waals surface area contributed by atoms with Gasteiger partial charge in [-0.2, -0.15) is 10.1 Å². The summed E-state index contributed by atoms with van der Waals surface area (Å²) in [6, 6.07) is 9.87. The maximum absolute atomic E-state index is 12.8. The van der Waals surface area contributed by atoms with Crippen molar-refractivity contribution in [3.8, 4) is 5.75 Å². The first kappa shape index (κ1) is 21.2. The second kappa shape index (κ2) is 8.04. The molecule has 2 bridgehead atoms. The quantitative estimate of drug-likeness (QED) is 0.115. The average Bonchev–Trinajstić information content (AvgIpc) is 3.48. The molecular formula is C23H16BrN3O6. The van der Waals surface area contributed by atoms with E-state index < -0.39 is 10.9 Å². The van der Waals surface area contributed by atoms with Crippen molar-refractivity contribution in [1.29, 1.82) is 0 Å². The summed E-state index contributed by atoms with van der Waals surface area (Å²) in [6.45, 7) is 0. The zero-order valence-corrected chi connectivity index (χ0v) is 18.5. The van der Waals surface area contributed by atoms with Gasteiger partial charge in [-0.3, -0.25) is 19.7 Å². The number of hydrogen-bond acceptors (Lipinski definition) is 7. The fourth-order valence-corrected chi connectivity index (χ4v) is 5.09. The van der Waals surface area contributed by atoms with Crippen LogP contribution in [0.4, 0.5) is 5.69 Å². The summed E-state index contributed by atoms with van der Waals surface area (Å²) >= 11 is 3.35. The van der Waals surface area contributed by atoms with Crippen LogP contribution in [0.2, 0.25) is 0 Å². The molecule has 5 rings (SSSR count). The minimum atomic E-state index is -0.715. The van der Waals surface area contributed by atoms with E-state index in [0.29, 0.717) is 10.0 Å². The Kier molecular flexibility index (Phi) is 5.16. The molecule has 166 valence electrons. The van der Waals surface area contributed by atoms with Crippen LogP contribution in [-0.4, -0.2) is 33.9 Å². The van der Waals surface area contributed by atoms with Crippen molar-refractivity contribution in [1.82, 2.24) is 5.01 Å². The Morgan fingerprint density at radius 3 is 2.33 bits per heavy atom. The number of nitro groups is 1. The summed E-state index contributed by atoms with van der Waals surface area (Å²) < 4.78 is 6.13. The molecule has 0 aromatic heterocycles. The summed E-state index contributed by atoms with van der Waals surface area (Å²) in [4.78, 5) is 48.4. The largest absolute Gasteiger partial charge is 0.422 e. The van der Waals surface area contributed by atoms with Gasteiger partial charge >= 0.3 is 5.97 Å². The van der Waals surface area contributed by atoms with Crippen LogP contribution in [0.5, 0.6) is 5.75 Å². The number of amides is 2. The third-order valence-electron chi connectivity index (χ3n) is 6.25. The number of hydrazone groups is 1. The Morgan fingerprint density at radius 1 is 1.09 bits per heavy atom. The van der Waals surface area contributed by atoms with E-state index in [1.165, 1.54) is 30.5 Å². The second-order valence-corrected chi connectivity index (χ2v) is 9.02. The first-order valence-corrected chi connectivity index (χ1v) is 11.0. The number of nitrogens with zero attached hydrogens (tertiary/aromatic N) is 3. The highest BCUT2D eigenvalue weighted by Crippen LogP contribution is 2.52. The van der Waals surface area contributed by atoms with E-state index in [2.05, 4.69) is 21.0 Å². The number of imide groups is 1. The first-order valence-electron chi connectivity index (χ1n) is 10.2. The molecule has 10 heteroatoms. The van der Waals surface area contributed by atoms with E-state index in [0.717, 1.165) is 11.4 Å². The minimum absolute atomic E-state index is 0.0840. The first-order chi connectivity index (χ1) is 15.8. The van der Waals surface area contributed by atoms with E-state index in [1.807, 2.05) is 12.2 Å². The molecule has 1 heterocycles. The standard InChI is InChI=1S/C23H16BrN3O6/c24-16-5-8-18(33-23(30)12-3-6-17(7-4-12)27(31)32)15(10-16)11-25-26-21(28)19-13-1-2-14(9-13)20(19)22(26)29/h1-8,10-11,13-14,19-20H,9H2/t13-,14-,19-,20+/m0/s1. The number of allylic oxidation sites excluding steroid dienone is 2. The molecule has 1 aliphatic heterocycles. The molecule has 1 saturated heterocycles. The molecule has 2 aromatic carbocycles. The molecule has 2 aliphatic carbocycles. The predicted octanol–water partition coefficient (Wildman–Crippen LogP) is 3.72. The number of benzene rings is 2. The summed E-state index contributed by atoms with van der Waals surface area (Å²) in [6.07, 6.45) is 6.16. The smallest absolute Gasteiger partial charge is 0.343 e. The Morgan fingerprint density at radius 2 is 1.73 bits per heavy atom. The average molecular weight is 510 g/mol. The van der Waals surface area contributed by atoms with Gasteiger partial charge in [0, 0.05) is 22.2 Å². The van der Waals surface area contributed by atoms with Crippen molar-refractivity contribution < 1.29 is 24.0 Å². The van der Waals surface area contributed by atoms with Gasteiger partial charge in [0.1, 0.15) is 5.75 Å². The number of carbonyl (C=O) groups is 3. The van der Waals surface area contributed by atoms with Crippen LogP contribution in [0.1, 0.15) is 22.3 Å². The fraction of sp³-hybridized carbons (Fsp3) is 0.217. The third-order valence-corrected chi connectivity index (χ3v) is 6.74. The van der Waals surface area contributed by atoms with Crippen LogP contribution in [-0.2, 0) is 9.59 Å². The maximum atomic E-state index is 12.8. The highest BCUT2D eigenvalue weighted by Gasteiger charge is 2.59. The fourth-order valence-electron chi connectivity index (χ4n) is 4.71. The summed E-state index contributed by atoms with van der Waals surface area (Å²) in [7, 11) is 0. The van der Waals surface area contributed by atoms with Crippen LogP contribution in [0, 0.1) is 33.8 Å². The molecule has 0 radical (unpaired) electrons. The number of fused-ring (bicyclic) bond motifs is 5. The molecule has 9 nitrogen and oxygen atoms in total. The molecule has 0 N–H and O–H groups in total. The Hall–Kier alpha value is -3.66. The van der Waals surface area contributed by atoms with E-state index in [1.54, 1.807) is 18.2 Å². The summed E-state index contributed by atoms with van der Waals surface area (Å²) in [5, 5.41) is 15.9. The van der Waals surface area contributed by atoms with Gasteiger partial charge in [0.2, 0.25) is 0 Å². The van der Waals surface area contributed by atoms with Gasteiger partial charge in [-0.1, -0.05) is 28.1 Å². The number of carbonyl (C=O) groups excluding carboxylic acids is 3. The number of ether oxygens (including phenoxy) is 1. The number of rotatable bonds is 5. The van der Waals surface area contributed by atoms with E-state index in [9.17, 15) is 24.5 Å². The van der Waals surface area contributed by atoms with Gasteiger partial charge in [-0.15, -0.1) is 0 Å². The Labute approximate surface area is 196 Å². The number of hydrogen-bond donors (Lipinski definition) is 0. The molecule has 3 aliphatic rings. The van der Waals surface area contributed by atoms with Crippen LogP contribution >= 0.6 is 15.9 Å². The molecular weight excluding hydrogens is 494 g/mol.